The molecule has 1 fully saturated rings. The number of benzene rings is 2. The van der Waals surface area contributed by atoms with Crippen LogP contribution >= 0.6 is 0 Å². The molecule has 1 saturated heterocycles. The molecule has 1 aliphatic heterocycles. The van der Waals surface area contributed by atoms with Crippen LogP contribution in [0.4, 0.5) is 4.39 Å². The number of amides is 1. The predicted molar refractivity (Wildman–Crippen MR) is 93.8 cm³/mol. The zero-order valence-electron chi connectivity index (χ0n) is 14.1. The molecule has 5 nitrogen and oxygen atoms in total. The van der Waals surface area contributed by atoms with E-state index in [-0.39, 0.29) is 17.5 Å². The number of hydrogen-bond donors (Lipinski definition) is 0. The van der Waals surface area contributed by atoms with E-state index in [0.717, 1.165) is 24.8 Å². The maximum atomic E-state index is 14.1. The first-order chi connectivity index (χ1) is 12.7. The molecule has 1 aliphatic rings. The quantitative estimate of drug-likeness (QED) is 0.708. The fourth-order valence-corrected chi connectivity index (χ4v) is 3.30. The van der Waals surface area contributed by atoms with Crippen LogP contribution < -0.4 is 0 Å². The van der Waals surface area contributed by atoms with Gasteiger partial charge in [0.1, 0.15) is 11.9 Å². The fraction of sp³-hybridized carbons (Fsp3) is 0.250. The van der Waals surface area contributed by atoms with Gasteiger partial charge in [0.05, 0.1) is 5.56 Å². The van der Waals surface area contributed by atoms with Crippen LogP contribution in [0.5, 0.6) is 0 Å². The lowest BCUT2D eigenvalue weighted by Crippen LogP contribution is -2.39. The van der Waals surface area contributed by atoms with Crippen molar-refractivity contribution in [2.45, 2.75) is 25.3 Å². The third kappa shape index (κ3) is 3.10. The van der Waals surface area contributed by atoms with Gasteiger partial charge in [-0.1, -0.05) is 47.6 Å². The van der Waals surface area contributed by atoms with Crippen LogP contribution in [0.3, 0.4) is 0 Å². The first kappa shape index (κ1) is 16.4. The Morgan fingerprint density at radius 1 is 1.08 bits per heavy atom. The molecular formula is C20H18FN3O2. The minimum Gasteiger partial charge on any atom is -0.337 e. The molecule has 1 atom stereocenters. The second kappa shape index (κ2) is 7.07. The molecule has 0 spiro atoms. The summed E-state index contributed by atoms with van der Waals surface area (Å²) in [6.07, 6.45) is 2.54. The van der Waals surface area contributed by atoms with E-state index in [2.05, 4.69) is 10.1 Å². The SMILES string of the molecule is O=C(c1ccccc1F)N1CCCCC1c1nc(-c2ccccc2)no1. The van der Waals surface area contributed by atoms with Gasteiger partial charge >= 0.3 is 0 Å². The van der Waals surface area contributed by atoms with E-state index in [1.165, 1.54) is 12.1 Å². The summed E-state index contributed by atoms with van der Waals surface area (Å²) in [5.74, 6) is 0.0299. The summed E-state index contributed by atoms with van der Waals surface area (Å²) in [7, 11) is 0. The number of hydrogen-bond acceptors (Lipinski definition) is 4. The lowest BCUT2D eigenvalue weighted by atomic mass is 10.0. The number of halogens is 1. The summed E-state index contributed by atoms with van der Waals surface area (Å²) < 4.78 is 19.5. The van der Waals surface area contributed by atoms with Crippen molar-refractivity contribution in [2.24, 2.45) is 0 Å². The van der Waals surface area contributed by atoms with E-state index in [9.17, 15) is 9.18 Å². The Morgan fingerprint density at radius 3 is 2.65 bits per heavy atom. The molecule has 132 valence electrons. The van der Waals surface area contributed by atoms with Crippen molar-refractivity contribution in [3.05, 3.63) is 71.9 Å². The molecule has 0 N–H and O–H groups in total. The molecule has 0 radical (unpaired) electrons. The van der Waals surface area contributed by atoms with Crippen LogP contribution in [-0.4, -0.2) is 27.5 Å². The van der Waals surface area contributed by atoms with E-state index < -0.39 is 5.82 Å². The van der Waals surface area contributed by atoms with Gasteiger partial charge in [-0.05, 0) is 31.4 Å². The molecule has 3 aromatic rings. The summed E-state index contributed by atoms with van der Waals surface area (Å²) in [4.78, 5) is 19.0. The molecule has 2 heterocycles. The third-order valence-electron chi connectivity index (χ3n) is 4.63. The summed E-state index contributed by atoms with van der Waals surface area (Å²) in [5.41, 5.74) is 0.924. The second-order valence-corrected chi connectivity index (χ2v) is 6.31. The Morgan fingerprint density at radius 2 is 1.85 bits per heavy atom. The smallest absolute Gasteiger partial charge is 0.257 e. The van der Waals surface area contributed by atoms with Crippen LogP contribution in [0.2, 0.25) is 0 Å². The Kier molecular flexibility index (Phi) is 4.48. The second-order valence-electron chi connectivity index (χ2n) is 6.31. The van der Waals surface area contributed by atoms with Crippen LogP contribution in [-0.2, 0) is 0 Å². The van der Waals surface area contributed by atoms with Crippen molar-refractivity contribution in [3.63, 3.8) is 0 Å². The number of rotatable bonds is 3. The van der Waals surface area contributed by atoms with Crippen molar-refractivity contribution in [2.75, 3.05) is 6.54 Å². The average molecular weight is 351 g/mol. The Hall–Kier alpha value is -3.02. The zero-order valence-corrected chi connectivity index (χ0v) is 14.1. The van der Waals surface area contributed by atoms with E-state index in [4.69, 9.17) is 4.52 Å². The van der Waals surface area contributed by atoms with Gasteiger partial charge in [-0.15, -0.1) is 0 Å². The summed E-state index contributed by atoms with van der Waals surface area (Å²) in [6, 6.07) is 15.2. The molecule has 0 saturated carbocycles. The van der Waals surface area contributed by atoms with Gasteiger partial charge in [-0.3, -0.25) is 4.79 Å². The Balaban J connectivity index is 1.63. The van der Waals surface area contributed by atoms with Crippen LogP contribution in [0.1, 0.15) is 41.6 Å². The standard InChI is InChI=1S/C20H18FN3O2/c21-16-11-5-4-10-15(16)20(25)24-13-7-6-12-17(24)19-22-18(23-26-19)14-8-2-1-3-9-14/h1-5,8-11,17H,6-7,12-13H2. The molecule has 2 aromatic carbocycles. The van der Waals surface area contributed by atoms with Gasteiger partial charge in [-0.25, -0.2) is 4.39 Å². The summed E-state index contributed by atoms with van der Waals surface area (Å²) in [6.45, 7) is 0.543. The average Bonchev–Trinajstić information content (AvgIpc) is 3.19. The van der Waals surface area contributed by atoms with Crippen LogP contribution in [0.15, 0.2) is 59.1 Å². The van der Waals surface area contributed by atoms with Gasteiger partial charge in [-0.2, -0.15) is 4.98 Å². The molecule has 1 unspecified atom stereocenters. The number of carbonyl (C=O) groups is 1. The molecular weight excluding hydrogens is 333 g/mol. The monoisotopic (exact) mass is 351 g/mol. The van der Waals surface area contributed by atoms with E-state index in [0.29, 0.717) is 18.3 Å². The number of nitrogens with zero attached hydrogens (tertiary/aromatic N) is 3. The van der Waals surface area contributed by atoms with Crippen molar-refractivity contribution in [1.29, 1.82) is 0 Å². The van der Waals surface area contributed by atoms with Crippen molar-refractivity contribution in [3.8, 4) is 11.4 Å². The van der Waals surface area contributed by atoms with Gasteiger partial charge in [0, 0.05) is 12.1 Å². The first-order valence-electron chi connectivity index (χ1n) is 8.68. The lowest BCUT2D eigenvalue weighted by Gasteiger charge is -2.33. The number of aromatic nitrogens is 2. The fourth-order valence-electron chi connectivity index (χ4n) is 3.30. The third-order valence-corrected chi connectivity index (χ3v) is 4.63. The maximum absolute atomic E-state index is 14.1. The molecule has 0 aliphatic carbocycles. The molecule has 1 amide bonds. The van der Waals surface area contributed by atoms with E-state index in [1.54, 1.807) is 17.0 Å². The number of piperidine rings is 1. The first-order valence-corrected chi connectivity index (χ1v) is 8.68. The highest BCUT2D eigenvalue weighted by molar-refractivity contribution is 5.94. The van der Waals surface area contributed by atoms with Gasteiger partial charge in [0.2, 0.25) is 11.7 Å². The van der Waals surface area contributed by atoms with Crippen molar-refractivity contribution in [1.82, 2.24) is 15.0 Å². The zero-order chi connectivity index (χ0) is 17.9. The highest BCUT2D eigenvalue weighted by Gasteiger charge is 2.33. The lowest BCUT2D eigenvalue weighted by molar-refractivity contribution is 0.0556. The number of likely N-dealkylation sites (tertiary alicyclic amines) is 1. The normalized spacial score (nSPS) is 17.3. The number of carbonyl (C=O) groups excluding carboxylic acids is 1. The Labute approximate surface area is 150 Å². The van der Waals surface area contributed by atoms with E-state index in [1.807, 2.05) is 30.3 Å². The minimum atomic E-state index is -0.516. The Bertz CT molecular complexity index is 910. The highest BCUT2D eigenvalue weighted by Crippen LogP contribution is 2.32. The minimum absolute atomic E-state index is 0.0715. The molecule has 1 aromatic heterocycles. The van der Waals surface area contributed by atoms with Gasteiger partial charge in [0.25, 0.3) is 5.91 Å². The molecule has 0 bridgehead atoms. The summed E-state index contributed by atoms with van der Waals surface area (Å²) >= 11 is 0. The molecule has 4 rings (SSSR count). The van der Waals surface area contributed by atoms with Crippen LogP contribution in [0, 0.1) is 5.82 Å². The maximum Gasteiger partial charge on any atom is 0.257 e. The van der Waals surface area contributed by atoms with E-state index >= 15 is 0 Å². The van der Waals surface area contributed by atoms with Crippen LogP contribution in [0.25, 0.3) is 11.4 Å². The summed E-state index contributed by atoms with van der Waals surface area (Å²) in [5, 5.41) is 4.05. The molecule has 6 heteroatoms. The molecule has 26 heavy (non-hydrogen) atoms. The van der Waals surface area contributed by atoms with Gasteiger partial charge in [0.15, 0.2) is 0 Å². The predicted octanol–water partition coefficient (Wildman–Crippen LogP) is 4.24. The van der Waals surface area contributed by atoms with Crippen molar-refractivity contribution < 1.29 is 13.7 Å². The topological polar surface area (TPSA) is 59.2 Å². The largest absolute Gasteiger partial charge is 0.337 e. The highest BCUT2D eigenvalue weighted by atomic mass is 19.1. The van der Waals surface area contributed by atoms with Gasteiger partial charge < -0.3 is 9.42 Å². The van der Waals surface area contributed by atoms with Crippen molar-refractivity contribution >= 4 is 5.91 Å².